The highest BCUT2D eigenvalue weighted by Gasteiger charge is 2.14. The predicted octanol–water partition coefficient (Wildman–Crippen LogP) is 3.08. The highest BCUT2D eigenvalue weighted by molar-refractivity contribution is 6.32. The van der Waals surface area contributed by atoms with E-state index in [0.717, 1.165) is 5.56 Å². The zero-order valence-electron chi connectivity index (χ0n) is 11.1. The maximum absolute atomic E-state index is 12.1. The van der Waals surface area contributed by atoms with Crippen LogP contribution >= 0.6 is 23.2 Å². The molecule has 0 unspecified atom stereocenters. The summed E-state index contributed by atoms with van der Waals surface area (Å²) in [4.78, 5) is 21.6. The molecule has 2 aromatic rings. The van der Waals surface area contributed by atoms with Gasteiger partial charge in [-0.3, -0.25) is 4.79 Å². The number of amides is 1. The number of carbonyl (C=O) groups excluding carboxylic acids is 1. The summed E-state index contributed by atoms with van der Waals surface area (Å²) >= 11 is 11.8. The Balaban J connectivity index is 2.39. The molecule has 0 saturated carbocycles. The van der Waals surface area contributed by atoms with Gasteiger partial charge in [0.25, 0.3) is 5.91 Å². The Hall–Kier alpha value is -1.65. The van der Waals surface area contributed by atoms with Crippen LogP contribution in [-0.4, -0.2) is 34.9 Å². The van der Waals surface area contributed by atoms with Crippen LogP contribution in [0.2, 0.25) is 10.3 Å². The lowest BCUT2D eigenvalue weighted by atomic mass is 10.0. The topological polar surface area (TPSA) is 46.1 Å². The van der Waals surface area contributed by atoms with Gasteiger partial charge >= 0.3 is 0 Å². The maximum atomic E-state index is 12.1. The predicted molar refractivity (Wildman–Crippen MR) is 79.3 cm³/mol. The molecule has 0 atom stereocenters. The molecular weight excluding hydrogens is 297 g/mol. The van der Waals surface area contributed by atoms with Crippen molar-refractivity contribution in [3.8, 4) is 0 Å². The number of halogens is 2. The van der Waals surface area contributed by atoms with Gasteiger partial charge in [0, 0.05) is 26.1 Å². The molecule has 0 fully saturated rings. The summed E-state index contributed by atoms with van der Waals surface area (Å²) in [6.45, 7) is 0. The minimum Gasteiger partial charge on any atom is -0.345 e. The molecule has 20 heavy (non-hydrogen) atoms. The fourth-order valence-corrected chi connectivity index (χ4v) is 2.12. The second-order valence-corrected chi connectivity index (χ2v) is 5.21. The first-order valence-corrected chi connectivity index (χ1v) is 6.71. The van der Waals surface area contributed by atoms with Crippen molar-refractivity contribution in [1.82, 2.24) is 14.9 Å². The molecule has 2 rings (SSSR count). The Morgan fingerprint density at radius 3 is 2.65 bits per heavy atom. The van der Waals surface area contributed by atoms with Crippen molar-refractivity contribution >= 4 is 29.1 Å². The first kappa shape index (κ1) is 14.8. The Labute approximate surface area is 127 Å². The zero-order chi connectivity index (χ0) is 14.7. The van der Waals surface area contributed by atoms with Gasteiger partial charge < -0.3 is 4.90 Å². The zero-order valence-corrected chi connectivity index (χ0v) is 12.6. The number of hydrogen-bond donors (Lipinski definition) is 0. The van der Waals surface area contributed by atoms with Crippen molar-refractivity contribution in [1.29, 1.82) is 0 Å². The molecule has 6 heteroatoms. The molecule has 0 bridgehead atoms. The van der Waals surface area contributed by atoms with Crippen LogP contribution in [0, 0.1) is 0 Å². The second kappa shape index (κ2) is 6.20. The van der Waals surface area contributed by atoms with E-state index in [1.54, 1.807) is 20.2 Å². The van der Waals surface area contributed by atoms with E-state index in [-0.39, 0.29) is 11.2 Å². The van der Waals surface area contributed by atoms with E-state index in [1.165, 1.54) is 11.1 Å². The quantitative estimate of drug-likeness (QED) is 0.819. The van der Waals surface area contributed by atoms with Crippen LogP contribution in [0.1, 0.15) is 21.6 Å². The third kappa shape index (κ3) is 3.26. The molecule has 0 radical (unpaired) electrons. The van der Waals surface area contributed by atoms with E-state index in [4.69, 9.17) is 23.2 Å². The third-order valence-corrected chi connectivity index (χ3v) is 3.30. The third-order valence-electron chi connectivity index (χ3n) is 2.80. The molecule has 0 spiro atoms. The number of nitrogens with zero attached hydrogens (tertiary/aromatic N) is 3. The molecule has 1 amide bonds. The fourth-order valence-electron chi connectivity index (χ4n) is 1.81. The fraction of sp³-hybridized carbons (Fsp3) is 0.214. The summed E-state index contributed by atoms with van der Waals surface area (Å²) in [6.07, 6.45) is 1.89. The lowest BCUT2D eigenvalue weighted by Gasteiger charge is -2.14. The average Bonchev–Trinajstić information content (AvgIpc) is 2.42. The summed E-state index contributed by atoms with van der Waals surface area (Å²) in [6, 6.07) is 7.37. The molecule has 1 aromatic carbocycles. The van der Waals surface area contributed by atoms with E-state index in [2.05, 4.69) is 9.97 Å². The van der Waals surface area contributed by atoms with Gasteiger partial charge in [0.05, 0.1) is 16.9 Å². The number of aromatic nitrogens is 2. The van der Waals surface area contributed by atoms with E-state index < -0.39 is 0 Å². The van der Waals surface area contributed by atoms with Gasteiger partial charge in [0.1, 0.15) is 0 Å². The molecular formula is C14H13Cl2N3O. The van der Waals surface area contributed by atoms with Gasteiger partial charge in [-0.2, -0.15) is 0 Å². The van der Waals surface area contributed by atoms with E-state index in [9.17, 15) is 4.79 Å². The Bertz CT molecular complexity index is 644. The molecule has 0 aliphatic heterocycles. The average molecular weight is 310 g/mol. The maximum Gasteiger partial charge on any atom is 0.253 e. The van der Waals surface area contributed by atoms with Crippen molar-refractivity contribution in [3.05, 3.63) is 57.6 Å². The number of benzene rings is 1. The molecule has 0 saturated heterocycles. The van der Waals surface area contributed by atoms with Gasteiger partial charge in [-0.05, 0) is 23.2 Å². The summed E-state index contributed by atoms with van der Waals surface area (Å²) < 4.78 is 0. The monoisotopic (exact) mass is 309 g/mol. The second-order valence-electron chi connectivity index (χ2n) is 4.47. The van der Waals surface area contributed by atoms with Crippen LogP contribution in [-0.2, 0) is 6.42 Å². The number of rotatable bonds is 3. The first-order chi connectivity index (χ1) is 9.49. The van der Waals surface area contributed by atoms with Gasteiger partial charge in [-0.1, -0.05) is 29.8 Å². The van der Waals surface area contributed by atoms with Crippen molar-refractivity contribution in [2.75, 3.05) is 14.1 Å². The van der Waals surface area contributed by atoms with Crippen LogP contribution in [0.25, 0.3) is 0 Å². The minimum atomic E-state index is -0.0584. The summed E-state index contributed by atoms with van der Waals surface area (Å²) in [5.74, 6) is -0.0584. The van der Waals surface area contributed by atoms with Crippen molar-refractivity contribution < 1.29 is 4.79 Å². The first-order valence-electron chi connectivity index (χ1n) is 5.95. The van der Waals surface area contributed by atoms with Crippen molar-refractivity contribution in [2.24, 2.45) is 0 Å². The minimum absolute atomic E-state index is 0.0584. The molecule has 1 aromatic heterocycles. The van der Waals surface area contributed by atoms with Crippen LogP contribution in [0.3, 0.4) is 0 Å². The SMILES string of the molecule is CN(C)C(=O)c1ccccc1Cc1nc(Cl)ncc1Cl. The highest BCUT2D eigenvalue weighted by atomic mass is 35.5. The van der Waals surface area contributed by atoms with Gasteiger partial charge in [0.2, 0.25) is 5.28 Å². The molecule has 0 N–H and O–H groups in total. The standard InChI is InChI=1S/C14H13Cl2N3O/c1-19(2)13(20)10-6-4-3-5-9(10)7-12-11(15)8-17-14(16)18-12/h3-6,8H,7H2,1-2H3. The Kier molecular flexibility index (Phi) is 4.57. The van der Waals surface area contributed by atoms with Crippen LogP contribution in [0.15, 0.2) is 30.5 Å². The summed E-state index contributed by atoms with van der Waals surface area (Å²) in [5.41, 5.74) is 2.08. The van der Waals surface area contributed by atoms with Crippen molar-refractivity contribution in [2.45, 2.75) is 6.42 Å². The molecule has 0 aliphatic rings. The van der Waals surface area contributed by atoms with E-state index in [1.807, 2.05) is 18.2 Å². The Morgan fingerprint density at radius 1 is 1.25 bits per heavy atom. The normalized spacial score (nSPS) is 10.4. The van der Waals surface area contributed by atoms with Gasteiger partial charge in [-0.15, -0.1) is 0 Å². The van der Waals surface area contributed by atoms with Gasteiger partial charge in [-0.25, -0.2) is 9.97 Å². The number of hydrogen-bond acceptors (Lipinski definition) is 3. The Morgan fingerprint density at radius 2 is 1.95 bits per heavy atom. The highest BCUT2D eigenvalue weighted by Crippen LogP contribution is 2.20. The van der Waals surface area contributed by atoms with E-state index >= 15 is 0 Å². The molecule has 0 aliphatic carbocycles. The van der Waals surface area contributed by atoms with Crippen LogP contribution in [0.4, 0.5) is 0 Å². The van der Waals surface area contributed by atoms with Crippen LogP contribution < -0.4 is 0 Å². The molecule has 4 nitrogen and oxygen atoms in total. The smallest absolute Gasteiger partial charge is 0.253 e. The largest absolute Gasteiger partial charge is 0.345 e. The van der Waals surface area contributed by atoms with Crippen LogP contribution in [0.5, 0.6) is 0 Å². The molecule has 1 heterocycles. The lowest BCUT2D eigenvalue weighted by molar-refractivity contribution is 0.0826. The lowest BCUT2D eigenvalue weighted by Crippen LogP contribution is -2.23. The van der Waals surface area contributed by atoms with Gasteiger partial charge in [0.15, 0.2) is 0 Å². The molecule has 104 valence electrons. The summed E-state index contributed by atoms with van der Waals surface area (Å²) in [5, 5.41) is 0.572. The van der Waals surface area contributed by atoms with E-state index in [0.29, 0.717) is 22.7 Å². The van der Waals surface area contributed by atoms with Crippen molar-refractivity contribution in [3.63, 3.8) is 0 Å². The summed E-state index contributed by atoms with van der Waals surface area (Å²) in [7, 11) is 3.43. The number of carbonyl (C=O) groups is 1.